The first-order valence-electron chi connectivity index (χ1n) is 7.09. The standard InChI is InChI=1S/C13H18N6O2/c1-9-3-5-18(6-4-9)10(20)7-19-8-14-12-11(13(19)21)15-16-17(12)2/h8-9H,3-7H2,1-2H3. The highest BCUT2D eigenvalue weighted by Crippen LogP contribution is 2.16. The van der Waals surface area contributed by atoms with Crippen LogP contribution in [0.2, 0.25) is 0 Å². The second-order valence-electron chi connectivity index (χ2n) is 5.63. The first-order valence-corrected chi connectivity index (χ1v) is 7.09. The SMILES string of the molecule is CC1CCN(C(=O)Cn2cnc3c(nnn3C)c2=O)CC1. The van der Waals surface area contributed by atoms with Gasteiger partial charge in [0.1, 0.15) is 12.9 Å². The van der Waals surface area contributed by atoms with Crippen molar-refractivity contribution in [2.45, 2.75) is 26.3 Å². The van der Waals surface area contributed by atoms with Crippen LogP contribution >= 0.6 is 0 Å². The van der Waals surface area contributed by atoms with Gasteiger partial charge in [0.2, 0.25) is 5.91 Å². The molecular weight excluding hydrogens is 272 g/mol. The van der Waals surface area contributed by atoms with E-state index in [1.807, 2.05) is 4.90 Å². The number of piperidine rings is 1. The van der Waals surface area contributed by atoms with Crippen molar-refractivity contribution in [3.63, 3.8) is 0 Å². The van der Waals surface area contributed by atoms with Gasteiger partial charge in [0.25, 0.3) is 5.56 Å². The molecule has 0 radical (unpaired) electrons. The molecule has 3 rings (SSSR count). The molecule has 1 saturated heterocycles. The maximum absolute atomic E-state index is 12.3. The zero-order chi connectivity index (χ0) is 15.0. The predicted molar refractivity (Wildman–Crippen MR) is 75.5 cm³/mol. The summed E-state index contributed by atoms with van der Waals surface area (Å²) < 4.78 is 2.74. The minimum atomic E-state index is -0.327. The van der Waals surface area contributed by atoms with Crippen molar-refractivity contribution in [3.05, 3.63) is 16.7 Å². The van der Waals surface area contributed by atoms with Crippen LogP contribution in [0.3, 0.4) is 0 Å². The highest BCUT2D eigenvalue weighted by molar-refractivity contribution is 5.76. The third-order valence-corrected chi connectivity index (χ3v) is 4.02. The fraction of sp³-hybridized carbons (Fsp3) is 0.615. The third-order valence-electron chi connectivity index (χ3n) is 4.02. The van der Waals surface area contributed by atoms with Gasteiger partial charge in [-0.05, 0) is 18.8 Å². The predicted octanol–water partition coefficient (Wildman–Crippen LogP) is -0.216. The van der Waals surface area contributed by atoms with Crippen LogP contribution in [0, 0.1) is 5.92 Å². The second-order valence-corrected chi connectivity index (χ2v) is 5.63. The Kier molecular flexibility index (Phi) is 3.44. The van der Waals surface area contributed by atoms with Gasteiger partial charge >= 0.3 is 0 Å². The summed E-state index contributed by atoms with van der Waals surface area (Å²) in [6.45, 7) is 3.72. The Hall–Kier alpha value is -2.25. The minimum absolute atomic E-state index is 0.00668. The summed E-state index contributed by atoms with van der Waals surface area (Å²) in [6, 6.07) is 0. The number of amides is 1. The lowest BCUT2D eigenvalue weighted by Gasteiger charge is -2.30. The molecule has 8 nitrogen and oxygen atoms in total. The summed E-state index contributed by atoms with van der Waals surface area (Å²) in [5, 5.41) is 7.57. The number of aromatic nitrogens is 5. The Bertz CT molecular complexity index is 726. The third kappa shape index (κ3) is 2.53. The van der Waals surface area contributed by atoms with Gasteiger partial charge in [-0.15, -0.1) is 5.10 Å². The van der Waals surface area contributed by atoms with Gasteiger partial charge < -0.3 is 4.90 Å². The Labute approximate surface area is 121 Å². The molecule has 0 unspecified atom stereocenters. The van der Waals surface area contributed by atoms with Crippen molar-refractivity contribution in [2.75, 3.05) is 13.1 Å². The Balaban J connectivity index is 1.80. The number of likely N-dealkylation sites (tertiary alicyclic amines) is 1. The highest BCUT2D eigenvalue weighted by atomic mass is 16.2. The quantitative estimate of drug-likeness (QED) is 0.763. The van der Waals surface area contributed by atoms with E-state index in [0.29, 0.717) is 11.6 Å². The molecule has 112 valence electrons. The summed E-state index contributed by atoms with van der Waals surface area (Å²) in [5.74, 6) is 0.614. The number of fused-ring (bicyclic) bond motifs is 1. The summed E-state index contributed by atoms with van der Waals surface area (Å²) in [4.78, 5) is 30.5. The number of aryl methyl sites for hydroxylation is 1. The lowest BCUT2D eigenvalue weighted by Crippen LogP contribution is -2.41. The van der Waals surface area contributed by atoms with Gasteiger partial charge in [0.15, 0.2) is 11.2 Å². The molecule has 0 spiro atoms. The molecule has 3 heterocycles. The molecule has 1 fully saturated rings. The highest BCUT2D eigenvalue weighted by Gasteiger charge is 2.21. The number of carbonyl (C=O) groups excluding carboxylic acids is 1. The van der Waals surface area contributed by atoms with E-state index in [-0.39, 0.29) is 23.5 Å². The van der Waals surface area contributed by atoms with E-state index in [0.717, 1.165) is 25.9 Å². The average molecular weight is 290 g/mol. The first kappa shape index (κ1) is 13.7. The van der Waals surface area contributed by atoms with Crippen molar-refractivity contribution in [1.82, 2.24) is 29.4 Å². The fourth-order valence-electron chi connectivity index (χ4n) is 2.56. The Morgan fingerprint density at radius 1 is 1.38 bits per heavy atom. The number of hydrogen-bond acceptors (Lipinski definition) is 5. The van der Waals surface area contributed by atoms with E-state index in [1.165, 1.54) is 15.6 Å². The number of rotatable bonds is 2. The molecule has 0 saturated carbocycles. The van der Waals surface area contributed by atoms with Gasteiger partial charge in [-0.1, -0.05) is 12.1 Å². The molecule has 1 aliphatic rings. The maximum atomic E-state index is 12.3. The van der Waals surface area contributed by atoms with Crippen LogP contribution in [0.1, 0.15) is 19.8 Å². The molecule has 8 heteroatoms. The number of hydrogen-bond donors (Lipinski definition) is 0. The summed E-state index contributed by atoms with van der Waals surface area (Å²) >= 11 is 0. The van der Waals surface area contributed by atoms with Crippen LogP contribution in [-0.4, -0.2) is 48.4 Å². The zero-order valence-corrected chi connectivity index (χ0v) is 12.2. The van der Waals surface area contributed by atoms with Gasteiger partial charge in [0.05, 0.1) is 0 Å². The minimum Gasteiger partial charge on any atom is -0.341 e. The monoisotopic (exact) mass is 290 g/mol. The van der Waals surface area contributed by atoms with Gasteiger partial charge in [-0.2, -0.15) is 0 Å². The van der Waals surface area contributed by atoms with E-state index in [1.54, 1.807) is 7.05 Å². The molecule has 0 bridgehead atoms. The zero-order valence-electron chi connectivity index (χ0n) is 12.2. The van der Waals surface area contributed by atoms with E-state index >= 15 is 0 Å². The van der Waals surface area contributed by atoms with Crippen LogP contribution in [0.15, 0.2) is 11.1 Å². The first-order chi connectivity index (χ1) is 10.1. The summed E-state index contributed by atoms with van der Waals surface area (Å²) in [5.41, 5.74) is 0.294. The summed E-state index contributed by atoms with van der Waals surface area (Å²) in [6.07, 6.45) is 3.42. The van der Waals surface area contributed by atoms with Crippen LogP contribution in [0.25, 0.3) is 11.2 Å². The molecule has 0 aliphatic carbocycles. The smallest absolute Gasteiger partial charge is 0.283 e. The molecular formula is C13H18N6O2. The van der Waals surface area contributed by atoms with Crippen molar-refractivity contribution < 1.29 is 4.79 Å². The number of carbonyl (C=O) groups is 1. The number of nitrogens with zero attached hydrogens (tertiary/aromatic N) is 6. The molecule has 0 aromatic carbocycles. The largest absolute Gasteiger partial charge is 0.341 e. The van der Waals surface area contributed by atoms with E-state index < -0.39 is 0 Å². The van der Waals surface area contributed by atoms with Crippen molar-refractivity contribution in [1.29, 1.82) is 0 Å². The molecule has 2 aromatic heterocycles. The fourth-order valence-corrected chi connectivity index (χ4v) is 2.56. The van der Waals surface area contributed by atoms with Crippen LogP contribution < -0.4 is 5.56 Å². The normalized spacial score (nSPS) is 16.6. The van der Waals surface area contributed by atoms with Crippen molar-refractivity contribution in [3.8, 4) is 0 Å². The maximum Gasteiger partial charge on any atom is 0.283 e. The van der Waals surface area contributed by atoms with Crippen LogP contribution in [-0.2, 0) is 18.4 Å². The van der Waals surface area contributed by atoms with E-state index in [2.05, 4.69) is 22.2 Å². The van der Waals surface area contributed by atoms with Gasteiger partial charge in [-0.25, -0.2) is 9.67 Å². The molecule has 0 atom stereocenters. The summed E-state index contributed by atoms with van der Waals surface area (Å²) in [7, 11) is 1.67. The second kappa shape index (κ2) is 5.27. The molecule has 21 heavy (non-hydrogen) atoms. The molecule has 1 aliphatic heterocycles. The van der Waals surface area contributed by atoms with Crippen LogP contribution in [0.5, 0.6) is 0 Å². The Morgan fingerprint density at radius 2 is 2.10 bits per heavy atom. The lowest BCUT2D eigenvalue weighted by atomic mass is 9.99. The van der Waals surface area contributed by atoms with Gasteiger partial charge in [0, 0.05) is 20.1 Å². The van der Waals surface area contributed by atoms with Crippen molar-refractivity contribution in [2.24, 2.45) is 13.0 Å². The molecule has 2 aromatic rings. The lowest BCUT2D eigenvalue weighted by molar-refractivity contribution is -0.133. The van der Waals surface area contributed by atoms with Crippen molar-refractivity contribution >= 4 is 17.1 Å². The molecule has 0 N–H and O–H groups in total. The van der Waals surface area contributed by atoms with E-state index in [4.69, 9.17) is 0 Å². The topological polar surface area (TPSA) is 85.9 Å². The average Bonchev–Trinajstić information content (AvgIpc) is 2.85. The molecule has 1 amide bonds. The van der Waals surface area contributed by atoms with Crippen LogP contribution in [0.4, 0.5) is 0 Å². The van der Waals surface area contributed by atoms with E-state index in [9.17, 15) is 9.59 Å². The van der Waals surface area contributed by atoms with Gasteiger partial charge in [-0.3, -0.25) is 14.2 Å². The Morgan fingerprint density at radius 3 is 2.81 bits per heavy atom.